The van der Waals surface area contributed by atoms with Crippen LogP contribution in [-0.4, -0.2) is 18.1 Å². The van der Waals surface area contributed by atoms with Gasteiger partial charge >= 0.3 is 0 Å². The van der Waals surface area contributed by atoms with Gasteiger partial charge in [0.1, 0.15) is 5.75 Å². The Balaban J connectivity index is 1.77. The number of nitrogens with one attached hydrogen (secondary N) is 2. The van der Waals surface area contributed by atoms with Crippen molar-refractivity contribution in [2.45, 2.75) is 0 Å². The third kappa shape index (κ3) is 3.36. The number of para-hydroxylation sites is 1. The Bertz CT molecular complexity index is 903. The molecule has 0 spiro atoms. The van der Waals surface area contributed by atoms with E-state index in [1.54, 1.807) is 18.2 Å². The Labute approximate surface area is 145 Å². The summed E-state index contributed by atoms with van der Waals surface area (Å²) in [5.41, 5.74) is 1.28. The van der Waals surface area contributed by atoms with Crippen molar-refractivity contribution in [3.63, 3.8) is 0 Å². The lowest BCUT2D eigenvalue weighted by molar-refractivity contribution is 0.0975. The number of carbonyl (C=O) groups is 1. The Hall–Kier alpha value is -2.92. The van der Waals surface area contributed by atoms with Crippen molar-refractivity contribution in [1.29, 1.82) is 0 Å². The zero-order chi connectivity index (χ0) is 16.9. The molecule has 0 aliphatic carbocycles. The fraction of sp³-hybridized carbons (Fsp3) is 0.0526. The monoisotopic (exact) mass is 336 g/mol. The Morgan fingerprint density at radius 2 is 1.67 bits per heavy atom. The Kier molecular flexibility index (Phi) is 4.72. The molecule has 2 N–H and O–H groups in total. The van der Waals surface area contributed by atoms with Crippen molar-refractivity contribution in [2.75, 3.05) is 12.4 Å². The zero-order valence-corrected chi connectivity index (χ0v) is 13.9. The summed E-state index contributed by atoms with van der Waals surface area (Å²) in [4.78, 5) is 12.4. The topological polar surface area (TPSA) is 50.4 Å². The van der Waals surface area contributed by atoms with Crippen molar-refractivity contribution in [3.8, 4) is 5.75 Å². The van der Waals surface area contributed by atoms with Gasteiger partial charge in [0.25, 0.3) is 5.91 Å². The lowest BCUT2D eigenvalue weighted by atomic mass is 10.1. The molecule has 0 radical (unpaired) electrons. The van der Waals surface area contributed by atoms with Crippen molar-refractivity contribution >= 4 is 39.7 Å². The van der Waals surface area contributed by atoms with Crippen LogP contribution in [0.5, 0.6) is 5.75 Å². The summed E-state index contributed by atoms with van der Waals surface area (Å²) in [5.74, 6) is 0.188. The van der Waals surface area contributed by atoms with Crippen LogP contribution in [0.4, 0.5) is 5.69 Å². The predicted octanol–water partition coefficient (Wildman–Crippen LogP) is 3.98. The van der Waals surface area contributed by atoms with E-state index in [-0.39, 0.29) is 11.0 Å². The number of anilines is 1. The first-order chi connectivity index (χ1) is 11.7. The molecule has 0 bridgehead atoms. The summed E-state index contributed by atoms with van der Waals surface area (Å²) in [6.45, 7) is 0. The molecule has 0 heterocycles. The van der Waals surface area contributed by atoms with Crippen molar-refractivity contribution in [1.82, 2.24) is 5.32 Å². The van der Waals surface area contributed by atoms with E-state index in [9.17, 15) is 4.79 Å². The average Bonchev–Trinajstić information content (AvgIpc) is 2.62. The number of carbonyl (C=O) groups excluding carboxylic acids is 1. The lowest BCUT2D eigenvalue weighted by Gasteiger charge is -2.13. The van der Waals surface area contributed by atoms with E-state index < -0.39 is 0 Å². The minimum absolute atomic E-state index is 0.238. The Morgan fingerprint density at radius 1 is 0.958 bits per heavy atom. The van der Waals surface area contributed by atoms with Gasteiger partial charge in [0, 0.05) is 11.1 Å². The summed E-state index contributed by atoms with van der Waals surface area (Å²) in [5, 5.41) is 8.14. The van der Waals surface area contributed by atoms with Crippen LogP contribution in [0.3, 0.4) is 0 Å². The lowest BCUT2D eigenvalue weighted by Crippen LogP contribution is -2.34. The van der Waals surface area contributed by atoms with Gasteiger partial charge in [0.2, 0.25) is 0 Å². The van der Waals surface area contributed by atoms with Crippen LogP contribution < -0.4 is 15.4 Å². The average molecular weight is 336 g/mol. The first kappa shape index (κ1) is 16.0. The van der Waals surface area contributed by atoms with Gasteiger partial charge in [-0.15, -0.1) is 0 Å². The van der Waals surface area contributed by atoms with Gasteiger partial charge in [0.05, 0.1) is 12.7 Å². The van der Waals surface area contributed by atoms with Crippen LogP contribution in [0.15, 0.2) is 66.7 Å². The van der Waals surface area contributed by atoms with Gasteiger partial charge in [-0.3, -0.25) is 10.1 Å². The SMILES string of the molecule is COc1ccccc1C(=O)NC(=S)Nc1cccc2ccccc12. The van der Waals surface area contributed by atoms with Crippen LogP contribution >= 0.6 is 12.2 Å². The minimum Gasteiger partial charge on any atom is -0.496 e. The predicted molar refractivity (Wildman–Crippen MR) is 101 cm³/mol. The number of ether oxygens (including phenoxy) is 1. The van der Waals surface area contributed by atoms with E-state index in [4.69, 9.17) is 17.0 Å². The van der Waals surface area contributed by atoms with Crippen molar-refractivity contribution in [3.05, 3.63) is 72.3 Å². The number of benzene rings is 3. The highest BCUT2D eigenvalue weighted by Crippen LogP contribution is 2.23. The number of rotatable bonds is 3. The molecule has 24 heavy (non-hydrogen) atoms. The highest BCUT2D eigenvalue weighted by atomic mass is 32.1. The molecule has 0 saturated heterocycles. The van der Waals surface area contributed by atoms with Crippen molar-refractivity contribution in [2.24, 2.45) is 0 Å². The molecule has 3 rings (SSSR count). The molecule has 4 nitrogen and oxygen atoms in total. The largest absolute Gasteiger partial charge is 0.496 e. The normalized spacial score (nSPS) is 10.2. The molecule has 0 aliphatic heterocycles. The minimum atomic E-state index is -0.315. The molecule has 5 heteroatoms. The van der Waals surface area contributed by atoms with E-state index in [1.165, 1.54) is 7.11 Å². The molecule has 0 saturated carbocycles. The fourth-order valence-corrected chi connectivity index (χ4v) is 2.69. The van der Waals surface area contributed by atoms with E-state index >= 15 is 0 Å². The fourth-order valence-electron chi connectivity index (χ4n) is 2.49. The first-order valence-electron chi connectivity index (χ1n) is 7.42. The van der Waals surface area contributed by atoms with E-state index in [0.717, 1.165) is 16.5 Å². The number of fused-ring (bicyclic) bond motifs is 1. The molecule has 0 aromatic heterocycles. The van der Waals surface area contributed by atoms with Gasteiger partial charge in [-0.25, -0.2) is 0 Å². The van der Waals surface area contributed by atoms with E-state index in [1.807, 2.05) is 48.5 Å². The summed E-state index contributed by atoms with van der Waals surface area (Å²) < 4.78 is 5.20. The maximum atomic E-state index is 12.4. The zero-order valence-electron chi connectivity index (χ0n) is 13.1. The molecule has 0 unspecified atom stereocenters. The van der Waals surface area contributed by atoms with Crippen LogP contribution in [0.1, 0.15) is 10.4 Å². The highest BCUT2D eigenvalue weighted by Gasteiger charge is 2.13. The maximum absolute atomic E-state index is 12.4. The molecular formula is C19H16N2O2S. The third-order valence-electron chi connectivity index (χ3n) is 3.62. The number of thiocarbonyl (C=S) groups is 1. The molecule has 120 valence electrons. The summed E-state index contributed by atoms with van der Waals surface area (Å²) >= 11 is 5.27. The quantitative estimate of drug-likeness (QED) is 0.711. The van der Waals surface area contributed by atoms with Gasteiger partial charge in [-0.1, -0.05) is 48.5 Å². The van der Waals surface area contributed by atoms with Gasteiger partial charge in [0.15, 0.2) is 5.11 Å². The molecular weight excluding hydrogens is 320 g/mol. The second kappa shape index (κ2) is 7.10. The smallest absolute Gasteiger partial charge is 0.261 e. The second-order valence-corrected chi connectivity index (χ2v) is 5.54. The standard InChI is InChI=1S/C19H16N2O2S/c1-23-17-12-5-4-10-15(17)18(22)21-19(24)20-16-11-6-8-13-7-2-3-9-14(13)16/h2-12H,1H3,(H2,20,21,22,24). The summed E-state index contributed by atoms with van der Waals surface area (Å²) in [6, 6.07) is 20.9. The van der Waals surface area contributed by atoms with Gasteiger partial charge < -0.3 is 10.1 Å². The van der Waals surface area contributed by atoms with E-state index in [2.05, 4.69) is 10.6 Å². The second-order valence-electron chi connectivity index (χ2n) is 5.14. The number of methoxy groups -OCH3 is 1. The highest BCUT2D eigenvalue weighted by molar-refractivity contribution is 7.80. The number of hydrogen-bond donors (Lipinski definition) is 2. The van der Waals surface area contributed by atoms with Crippen molar-refractivity contribution < 1.29 is 9.53 Å². The third-order valence-corrected chi connectivity index (χ3v) is 3.82. The van der Waals surface area contributed by atoms with Crippen LogP contribution in [0.25, 0.3) is 10.8 Å². The molecule has 1 amide bonds. The number of amides is 1. The van der Waals surface area contributed by atoms with Crippen LogP contribution in [0, 0.1) is 0 Å². The van der Waals surface area contributed by atoms with Gasteiger partial charge in [-0.05, 0) is 35.8 Å². The molecule has 3 aromatic carbocycles. The summed E-state index contributed by atoms with van der Waals surface area (Å²) in [7, 11) is 1.53. The molecule has 0 atom stereocenters. The van der Waals surface area contributed by atoms with Crippen LogP contribution in [-0.2, 0) is 0 Å². The summed E-state index contributed by atoms with van der Waals surface area (Å²) in [6.07, 6.45) is 0. The van der Waals surface area contributed by atoms with Gasteiger partial charge in [-0.2, -0.15) is 0 Å². The molecule has 3 aromatic rings. The molecule has 0 fully saturated rings. The van der Waals surface area contributed by atoms with Crippen LogP contribution in [0.2, 0.25) is 0 Å². The van der Waals surface area contributed by atoms with E-state index in [0.29, 0.717) is 11.3 Å². The number of hydrogen-bond acceptors (Lipinski definition) is 3. The maximum Gasteiger partial charge on any atom is 0.261 e. The first-order valence-corrected chi connectivity index (χ1v) is 7.83. The Morgan fingerprint density at radius 3 is 2.50 bits per heavy atom. The molecule has 0 aliphatic rings.